The molecule has 0 aliphatic carbocycles. The molecule has 2 amide bonds. The van der Waals surface area contributed by atoms with Gasteiger partial charge in [-0.25, -0.2) is 0 Å². The van der Waals surface area contributed by atoms with Gasteiger partial charge >= 0.3 is 0 Å². The Morgan fingerprint density at radius 3 is 1.56 bits per heavy atom. The molecule has 17 heteroatoms. The Labute approximate surface area is 221 Å². The normalized spacial score (nSPS) is 32.1. The largest absolute Gasteiger partial charge is 0.756 e. The third kappa shape index (κ3) is 6.47. The van der Waals surface area contributed by atoms with Gasteiger partial charge in [0.15, 0.2) is 37.0 Å². The molecule has 212 valence electrons. The van der Waals surface area contributed by atoms with Crippen LogP contribution >= 0.6 is 7.82 Å². The lowest BCUT2D eigenvalue weighted by molar-refractivity contribution is -0.766. The third-order valence-corrected chi connectivity index (χ3v) is 7.20. The van der Waals surface area contributed by atoms with E-state index in [1.807, 2.05) is 0 Å². The van der Waals surface area contributed by atoms with Gasteiger partial charge in [0.05, 0.1) is 13.2 Å². The van der Waals surface area contributed by atoms with E-state index in [1.54, 1.807) is 0 Å². The first kappa shape index (κ1) is 29.1. The highest BCUT2D eigenvalue weighted by Crippen LogP contribution is 2.41. The van der Waals surface area contributed by atoms with Crippen LogP contribution in [0.15, 0.2) is 49.1 Å². The Balaban J connectivity index is 1.33. The lowest BCUT2D eigenvalue weighted by Crippen LogP contribution is -2.46. The summed E-state index contributed by atoms with van der Waals surface area (Å²) in [6.07, 6.45) is -5.54. The highest BCUT2D eigenvalue weighted by Gasteiger charge is 2.50. The number of aliphatic hydroxyl groups excluding tert-OH is 4. The fourth-order valence-electron chi connectivity index (χ4n) is 4.19. The Bertz CT molecular complexity index is 1180. The minimum atomic E-state index is -5.05. The number of nitrogens with zero attached hydrogens (tertiary/aromatic N) is 2. The summed E-state index contributed by atoms with van der Waals surface area (Å²) in [7, 11) is -5.05. The van der Waals surface area contributed by atoms with Crippen molar-refractivity contribution in [3.05, 3.63) is 60.2 Å². The number of rotatable bonds is 10. The lowest BCUT2D eigenvalue weighted by atomic mass is 10.1. The summed E-state index contributed by atoms with van der Waals surface area (Å²) in [5.41, 5.74) is 10.7. The Morgan fingerprint density at radius 2 is 1.21 bits per heavy atom. The van der Waals surface area contributed by atoms with Crippen LogP contribution in [-0.4, -0.2) is 82.1 Å². The summed E-state index contributed by atoms with van der Waals surface area (Å²) in [6, 6.07) is 5.82. The molecule has 2 unspecified atom stereocenters. The van der Waals surface area contributed by atoms with E-state index in [-0.39, 0.29) is 11.1 Å². The van der Waals surface area contributed by atoms with Crippen LogP contribution in [0.5, 0.6) is 0 Å². The van der Waals surface area contributed by atoms with Crippen molar-refractivity contribution in [1.29, 1.82) is 0 Å². The average molecular weight is 571 g/mol. The molecule has 8 N–H and O–H groups in total. The molecule has 0 aromatic carbocycles. The van der Waals surface area contributed by atoms with Crippen LogP contribution in [-0.2, 0) is 23.1 Å². The molecular weight excluding hydrogens is 543 g/mol. The molecule has 0 saturated carbocycles. The molecular formula is C22H28N4O12P+. The molecule has 2 aromatic heterocycles. The molecule has 2 aliphatic heterocycles. The average Bonchev–Trinajstić information content (AvgIpc) is 3.36. The number of aromatic nitrogens is 2. The summed E-state index contributed by atoms with van der Waals surface area (Å²) in [5.74, 6) is -1.45. The second kappa shape index (κ2) is 11.7. The summed E-state index contributed by atoms with van der Waals surface area (Å²) in [4.78, 5) is 35.2. The fraction of sp³-hybridized carbons (Fsp3) is 0.455. The predicted octanol–water partition coefficient (Wildman–Crippen LogP) is -4.10. The lowest BCUT2D eigenvalue weighted by Gasteiger charge is -2.26. The van der Waals surface area contributed by atoms with Crippen molar-refractivity contribution in [2.75, 3.05) is 13.2 Å². The second-order valence-corrected chi connectivity index (χ2v) is 10.4. The molecule has 8 atom stereocenters. The first-order valence-corrected chi connectivity index (χ1v) is 13.1. The number of primary amides is 2. The molecule has 4 heterocycles. The minimum absolute atomic E-state index is 0.114. The van der Waals surface area contributed by atoms with Crippen LogP contribution in [0.1, 0.15) is 33.2 Å². The van der Waals surface area contributed by atoms with Gasteiger partial charge in [0.1, 0.15) is 35.5 Å². The van der Waals surface area contributed by atoms with Crippen molar-refractivity contribution < 1.29 is 67.1 Å². The topological polar surface area (TPSA) is 252 Å². The molecule has 4 rings (SSSR count). The van der Waals surface area contributed by atoms with E-state index in [0.717, 1.165) is 0 Å². The summed E-state index contributed by atoms with van der Waals surface area (Å²) >= 11 is 0. The van der Waals surface area contributed by atoms with Gasteiger partial charge in [-0.15, -0.1) is 0 Å². The summed E-state index contributed by atoms with van der Waals surface area (Å²) < 4.78 is 35.6. The Kier molecular flexibility index (Phi) is 8.72. The molecule has 39 heavy (non-hydrogen) atoms. The van der Waals surface area contributed by atoms with E-state index in [9.17, 15) is 39.5 Å². The molecule has 0 radical (unpaired) electrons. The van der Waals surface area contributed by atoms with E-state index in [0.29, 0.717) is 0 Å². The van der Waals surface area contributed by atoms with Gasteiger partial charge in [0.25, 0.3) is 32.1 Å². The number of hydrogen-bond acceptors (Lipinski definition) is 12. The number of carbonyl (C=O) groups excluding carboxylic acids is 2. The maximum absolute atomic E-state index is 12.3. The summed E-state index contributed by atoms with van der Waals surface area (Å²) in [5, 5.41) is 41.4. The van der Waals surface area contributed by atoms with E-state index >= 15 is 0 Å². The van der Waals surface area contributed by atoms with Crippen molar-refractivity contribution in [2.24, 2.45) is 11.5 Å². The SMILES string of the molecule is NC(=O)c1ccc[n+](C2O[C@H](COP(=O)([O-])OC[C@H]3OC([n+]4cccc(C(N)=O)c4)[C@H](O)[C@@H]3O)[C@@H](O)[C@H]2O)c1. The van der Waals surface area contributed by atoms with Crippen LogP contribution in [0.2, 0.25) is 0 Å². The first-order valence-electron chi connectivity index (χ1n) is 11.6. The maximum Gasteiger partial charge on any atom is 0.292 e. The van der Waals surface area contributed by atoms with Gasteiger partial charge in [-0.1, -0.05) is 0 Å². The smallest absolute Gasteiger partial charge is 0.292 e. The second-order valence-electron chi connectivity index (χ2n) is 8.94. The highest BCUT2D eigenvalue weighted by atomic mass is 31.2. The molecule has 2 aromatic rings. The fourth-order valence-corrected chi connectivity index (χ4v) is 4.92. The summed E-state index contributed by atoms with van der Waals surface area (Å²) in [6.45, 7) is -1.47. The zero-order chi connectivity index (χ0) is 28.5. The molecule has 2 saturated heterocycles. The van der Waals surface area contributed by atoms with Gasteiger partial charge in [-0.05, 0) is 12.1 Å². The van der Waals surface area contributed by atoms with Crippen LogP contribution in [0.25, 0.3) is 0 Å². The Hall–Kier alpha value is -2.89. The van der Waals surface area contributed by atoms with Crippen molar-refractivity contribution in [3.63, 3.8) is 0 Å². The minimum Gasteiger partial charge on any atom is -0.756 e. The van der Waals surface area contributed by atoms with Crippen LogP contribution in [0.4, 0.5) is 0 Å². The van der Waals surface area contributed by atoms with Crippen molar-refractivity contribution >= 4 is 19.6 Å². The molecule has 0 spiro atoms. The van der Waals surface area contributed by atoms with E-state index in [4.69, 9.17) is 30.0 Å². The quantitative estimate of drug-likeness (QED) is 0.118. The standard InChI is InChI=1S/C22H27N4O12P/c23-19(31)11-3-1-5-25(7-11)21-17(29)15(27)13(37-21)9-35-39(33,34)36-10-14-16(28)18(30)22(38-14)26-6-2-4-12(8-26)20(24)32/h1-8,13-18,21-22,27-30H,9-10H2,(H3-2,23,24,31,32,33,34)/p+1/t13-,14-,15-,16-,17-,18-,21?,22?/m1/s1. The van der Waals surface area contributed by atoms with Crippen LogP contribution in [0, 0.1) is 0 Å². The highest BCUT2D eigenvalue weighted by molar-refractivity contribution is 7.45. The number of ether oxygens (including phenoxy) is 2. The third-order valence-electron chi connectivity index (χ3n) is 6.27. The first-order chi connectivity index (χ1) is 18.4. The molecule has 0 bridgehead atoms. The van der Waals surface area contributed by atoms with Gasteiger partial charge in [-0.3, -0.25) is 14.2 Å². The number of phosphoric acid groups is 1. The maximum atomic E-state index is 12.3. The van der Waals surface area contributed by atoms with Gasteiger partial charge in [-0.2, -0.15) is 9.13 Å². The van der Waals surface area contributed by atoms with Gasteiger partial charge in [0.2, 0.25) is 0 Å². The predicted molar refractivity (Wildman–Crippen MR) is 122 cm³/mol. The number of nitrogens with two attached hydrogens (primary N) is 2. The van der Waals surface area contributed by atoms with Crippen LogP contribution in [0.3, 0.4) is 0 Å². The number of hydrogen-bond donors (Lipinski definition) is 6. The van der Waals surface area contributed by atoms with E-state index in [1.165, 1.54) is 58.2 Å². The number of amides is 2. The zero-order valence-corrected chi connectivity index (χ0v) is 21.1. The van der Waals surface area contributed by atoms with Crippen molar-refractivity contribution in [1.82, 2.24) is 0 Å². The van der Waals surface area contributed by atoms with E-state index < -0.39 is 81.9 Å². The Morgan fingerprint density at radius 1 is 0.821 bits per heavy atom. The van der Waals surface area contributed by atoms with E-state index in [2.05, 4.69) is 0 Å². The molecule has 2 aliphatic rings. The van der Waals surface area contributed by atoms with Crippen molar-refractivity contribution in [2.45, 2.75) is 49.1 Å². The number of pyridine rings is 2. The zero-order valence-electron chi connectivity index (χ0n) is 20.2. The van der Waals surface area contributed by atoms with Gasteiger partial charge in [0, 0.05) is 12.1 Å². The molecule has 16 nitrogen and oxygen atoms in total. The van der Waals surface area contributed by atoms with Crippen LogP contribution < -0.4 is 25.5 Å². The number of phosphoric ester groups is 1. The number of aliphatic hydroxyl groups is 4. The van der Waals surface area contributed by atoms with Crippen molar-refractivity contribution in [3.8, 4) is 0 Å². The number of carbonyl (C=O) groups is 2. The van der Waals surface area contributed by atoms with Gasteiger partial charge < -0.3 is 55.3 Å². The molecule has 2 fully saturated rings. The monoisotopic (exact) mass is 571 g/mol.